The van der Waals surface area contributed by atoms with Gasteiger partial charge in [-0.05, 0) is 74.0 Å². The van der Waals surface area contributed by atoms with E-state index in [4.69, 9.17) is 24.0 Å². The number of hydrogen-bond donors (Lipinski definition) is 0. The predicted molar refractivity (Wildman–Crippen MR) is 127 cm³/mol. The molecule has 0 amide bonds. The van der Waals surface area contributed by atoms with Crippen LogP contribution >= 0.6 is 0 Å². The van der Waals surface area contributed by atoms with Crippen molar-refractivity contribution >= 4 is 5.71 Å². The highest BCUT2D eigenvalue weighted by atomic mass is 16.5. The van der Waals surface area contributed by atoms with Crippen LogP contribution in [0.1, 0.15) is 49.2 Å². The molecule has 6 nitrogen and oxygen atoms in total. The molecule has 2 aliphatic heterocycles. The quantitative estimate of drug-likeness (QED) is 0.465. The van der Waals surface area contributed by atoms with Crippen LogP contribution in [-0.4, -0.2) is 31.0 Å². The normalized spacial score (nSPS) is 18.6. The molecular weight excluding hydrogens is 416 g/mol. The van der Waals surface area contributed by atoms with Crippen LogP contribution in [-0.2, 0) is 0 Å². The molecule has 6 heteroatoms. The summed E-state index contributed by atoms with van der Waals surface area (Å²) in [6, 6.07) is 22.3. The van der Waals surface area contributed by atoms with Gasteiger partial charge >= 0.3 is 0 Å². The van der Waals surface area contributed by atoms with E-state index < -0.39 is 0 Å². The first-order chi connectivity index (χ1) is 16.2. The number of hydrazone groups is 1. The molecule has 0 radical (unpaired) electrons. The molecule has 0 aliphatic carbocycles. The van der Waals surface area contributed by atoms with Crippen LogP contribution in [0.15, 0.2) is 71.8 Å². The van der Waals surface area contributed by atoms with Gasteiger partial charge in [0, 0.05) is 17.5 Å². The van der Waals surface area contributed by atoms with Crippen molar-refractivity contribution in [3.63, 3.8) is 0 Å². The molecule has 2 heterocycles. The van der Waals surface area contributed by atoms with Gasteiger partial charge in [0.25, 0.3) is 0 Å². The van der Waals surface area contributed by atoms with Gasteiger partial charge < -0.3 is 18.9 Å². The number of rotatable bonds is 7. The summed E-state index contributed by atoms with van der Waals surface area (Å²) in [5.74, 6) is 3.22. The average molecular weight is 445 g/mol. The zero-order valence-corrected chi connectivity index (χ0v) is 19.2. The first-order valence-corrected chi connectivity index (χ1v) is 11.4. The van der Waals surface area contributed by atoms with E-state index in [-0.39, 0.29) is 12.3 Å². The second-order valence-corrected chi connectivity index (χ2v) is 7.95. The van der Waals surface area contributed by atoms with Gasteiger partial charge in [0.1, 0.15) is 11.5 Å². The van der Waals surface area contributed by atoms with Crippen molar-refractivity contribution in [2.45, 2.75) is 32.5 Å². The summed E-state index contributed by atoms with van der Waals surface area (Å²) in [7, 11) is 1.67. The molecule has 0 unspecified atom stereocenters. The molecule has 0 N–H and O–H groups in total. The second kappa shape index (κ2) is 9.06. The molecule has 3 aromatic rings. The molecule has 0 saturated carbocycles. The van der Waals surface area contributed by atoms with E-state index in [1.807, 2.05) is 62.4 Å². The van der Waals surface area contributed by atoms with Crippen molar-refractivity contribution in [2.24, 2.45) is 5.10 Å². The molecule has 0 fully saturated rings. The Morgan fingerprint density at radius 3 is 2.21 bits per heavy atom. The monoisotopic (exact) mass is 444 g/mol. The number of fused-ring (bicyclic) bond motifs is 3. The number of nitrogens with zero attached hydrogens (tertiary/aromatic N) is 2. The van der Waals surface area contributed by atoms with Gasteiger partial charge in [0.2, 0.25) is 6.23 Å². The maximum atomic E-state index is 6.52. The van der Waals surface area contributed by atoms with Gasteiger partial charge in [0.15, 0.2) is 11.5 Å². The molecule has 0 spiro atoms. The van der Waals surface area contributed by atoms with Crippen molar-refractivity contribution in [2.75, 3.05) is 20.3 Å². The van der Waals surface area contributed by atoms with E-state index in [1.165, 1.54) is 0 Å². The van der Waals surface area contributed by atoms with Gasteiger partial charge in [-0.3, -0.25) is 0 Å². The van der Waals surface area contributed by atoms with Crippen LogP contribution in [0.4, 0.5) is 0 Å². The van der Waals surface area contributed by atoms with Crippen LogP contribution < -0.4 is 18.9 Å². The summed E-state index contributed by atoms with van der Waals surface area (Å²) in [5, 5.41) is 7.11. The fourth-order valence-corrected chi connectivity index (χ4v) is 4.44. The first kappa shape index (κ1) is 21.2. The Labute approximate surface area is 194 Å². The van der Waals surface area contributed by atoms with Crippen molar-refractivity contribution in [3.8, 4) is 23.0 Å². The fraction of sp³-hybridized carbons (Fsp3) is 0.296. The molecule has 170 valence electrons. The Bertz CT molecular complexity index is 1140. The summed E-state index contributed by atoms with van der Waals surface area (Å²) < 4.78 is 23.4. The number of para-hydroxylation sites is 1. The lowest BCUT2D eigenvalue weighted by molar-refractivity contribution is -0.0209. The summed E-state index contributed by atoms with van der Waals surface area (Å²) >= 11 is 0. The van der Waals surface area contributed by atoms with Crippen molar-refractivity contribution in [3.05, 3.63) is 83.4 Å². The Kier molecular flexibility index (Phi) is 5.82. The minimum absolute atomic E-state index is 0.0574. The standard InChI is InChI=1S/C27H28N2O4/c1-4-31-20-13-9-18(10-14-20)23-17-24-22-7-6-8-25(30-3)26(22)33-27(29(24)28-23)19-11-15-21(16-12-19)32-5-2/h6-16,24,27H,4-5,17H2,1-3H3/t24-,27+/m0/s1. The number of benzene rings is 3. The molecule has 3 aromatic carbocycles. The number of methoxy groups -OCH3 is 1. The SMILES string of the molecule is CCOc1ccc(C2=NN3[C@@H](c4ccc(OCC)cc4)Oc4c(OC)cccc4[C@@H]3C2)cc1. The van der Waals surface area contributed by atoms with E-state index in [2.05, 4.69) is 23.2 Å². The van der Waals surface area contributed by atoms with Crippen molar-refractivity contribution in [1.82, 2.24) is 5.01 Å². The van der Waals surface area contributed by atoms with Crippen LogP contribution in [0.25, 0.3) is 0 Å². The van der Waals surface area contributed by atoms with Crippen LogP contribution in [0, 0.1) is 0 Å². The highest BCUT2D eigenvalue weighted by molar-refractivity contribution is 6.02. The highest BCUT2D eigenvalue weighted by Gasteiger charge is 2.42. The van der Waals surface area contributed by atoms with Crippen LogP contribution in [0.5, 0.6) is 23.0 Å². The third-order valence-electron chi connectivity index (χ3n) is 5.98. The predicted octanol–water partition coefficient (Wildman–Crippen LogP) is 5.73. The lowest BCUT2D eigenvalue weighted by Crippen LogP contribution is -2.33. The summed E-state index contributed by atoms with van der Waals surface area (Å²) in [6.07, 6.45) is 0.417. The molecule has 2 atom stereocenters. The van der Waals surface area contributed by atoms with Gasteiger partial charge in [-0.15, -0.1) is 0 Å². The van der Waals surface area contributed by atoms with E-state index in [1.54, 1.807) is 7.11 Å². The highest BCUT2D eigenvalue weighted by Crippen LogP contribution is 2.50. The van der Waals surface area contributed by atoms with Crippen LogP contribution in [0.2, 0.25) is 0 Å². The molecule has 0 bridgehead atoms. The van der Waals surface area contributed by atoms with Crippen molar-refractivity contribution < 1.29 is 18.9 Å². The zero-order valence-electron chi connectivity index (χ0n) is 19.2. The van der Waals surface area contributed by atoms with E-state index in [0.717, 1.165) is 51.8 Å². The Morgan fingerprint density at radius 2 is 1.58 bits per heavy atom. The summed E-state index contributed by atoms with van der Waals surface area (Å²) in [4.78, 5) is 0. The minimum atomic E-state index is -0.366. The largest absolute Gasteiger partial charge is 0.494 e. The number of ether oxygens (including phenoxy) is 4. The van der Waals surface area contributed by atoms with E-state index in [0.29, 0.717) is 13.2 Å². The lowest BCUT2D eigenvalue weighted by atomic mass is 9.95. The molecule has 33 heavy (non-hydrogen) atoms. The topological polar surface area (TPSA) is 52.5 Å². The lowest BCUT2D eigenvalue weighted by Gasteiger charge is -2.38. The van der Waals surface area contributed by atoms with E-state index in [9.17, 15) is 0 Å². The molecular formula is C27H28N2O4. The van der Waals surface area contributed by atoms with Gasteiger partial charge in [-0.2, -0.15) is 5.10 Å². The Morgan fingerprint density at radius 1 is 0.909 bits per heavy atom. The number of hydrogen-bond acceptors (Lipinski definition) is 6. The maximum absolute atomic E-state index is 6.52. The molecule has 2 aliphatic rings. The molecule has 0 saturated heterocycles. The molecule has 0 aromatic heterocycles. The first-order valence-electron chi connectivity index (χ1n) is 11.4. The maximum Gasteiger partial charge on any atom is 0.214 e. The van der Waals surface area contributed by atoms with Gasteiger partial charge in [0.05, 0.1) is 32.1 Å². The van der Waals surface area contributed by atoms with Crippen LogP contribution in [0.3, 0.4) is 0 Å². The Balaban J connectivity index is 1.53. The fourth-order valence-electron chi connectivity index (χ4n) is 4.44. The summed E-state index contributed by atoms with van der Waals surface area (Å²) in [6.45, 7) is 5.25. The zero-order chi connectivity index (χ0) is 22.8. The van der Waals surface area contributed by atoms with Gasteiger partial charge in [-0.1, -0.05) is 12.1 Å². The van der Waals surface area contributed by atoms with E-state index >= 15 is 0 Å². The third-order valence-corrected chi connectivity index (χ3v) is 5.98. The van der Waals surface area contributed by atoms with Gasteiger partial charge in [-0.25, -0.2) is 5.01 Å². The molecule has 5 rings (SSSR count). The van der Waals surface area contributed by atoms with Crippen molar-refractivity contribution in [1.29, 1.82) is 0 Å². The minimum Gasteiger partial charge on any atom is -0.494 e. The smallest absolute Gasteiger partial charge is 0.214 e. The second-order valence-electron chi connectivity index (χ2n) is 7.95. The summed E-state index contributed by atoms with van der Waals surface area (Å²) in [5.41, 5.74) is 4.21. The third kappa shape index (κ3) is 3.97. The average Bonchev–Trinajstić information content (AvgIpc) is 3.30. The Hall–Kier alpha value is -3.67.